The molecule has 3 aromatic carbocycles. The normalized spacial score (nSPS) is 10.5. The van der Waals surface area contributed by atoms with Crippen molar-refractivity contribution in [2.75, 3.05) is 33.8 Å². The zero-order chi connectivity index (χ0) is 23.2. The summed E-state index contributed by atoms with van der Waals surface area (Å²) in [6, 6.07) is 19.2. The minimum absolute atomic E-state index is 0.252. The van der Waals surface area contributed by atoms with E-state index < -0.39 is 0 Å². The molecule has 0 aliphatic rings. The van der Waals surface area contributed by atoms with Crippen LogP contribution in [0.15, 0.2) is 60.7 Å². The van der Waals surface area contributed by atoms with Gasteiger partial charge in [0.25, 0.3) is 0 Å². The smallest absolute Gasteiger partial charge is 0.318 e. The number of para-hydroxylation sites is 1. The molecule has 1 aromatic heterocycles. The van der Waals surface area contributed by atoms with E-state index in [-0.39, 0.29) is 6.01 Å². The van der Waals surface area contributed by atoms with Crippen LogP contribution in [0, 0.1) is 0 Å². The molecule has 0 bridgehead atoms. The summed E-state index contributed by atoms with van der Waals surface area (Å²) in [7, 11) is 6.38. The van der Waals surface area contributed by atoms with Crippen molar-refractivity contribution >= 4 is 22.4 Å². The fraction of sp³-hybridized carbons (Fsp3) is 0.200. The standard InChI is InChI=1S/C25H25N3O5/c1-29-19-10-6-5-8-16(19)15-33-20-13-12-17(14-22(20)31-3)26-24-23-18(27-25(28-24)32-4)9-7-11-21(23)30-2/h5-14H,15H2,1-4H3,(H,26,27,28). The Morgan fingerprint density at radius 3 is 2.21 bits per heavy atom. The molecule has 170 valence electrons. The minimum atomic E-state index is 0.252. The van der Waals surface area contributed by atoms with E-state index in [0.717, 1.165) is 22.4 Å². The molecule has 0 atom stereocenters. The van der Waals surface area contributed by atoms with Gasteiger partial charge in [0.05, 0.1) is 39.3 Å². The van der Waals surface area contributed by atoms with Gasteiger partial charge in [-0.3, -0.25) is 0 Å². The monoisotopic (exact) mass is 447 g/mol. The minimum Gasteiger partial charge on any atom is -0.496 e. The van der Waals surface area contributed by atoms with Gasteiger partial charge in [-0.25, -0.2) is 0 Å². The summed E-state index contributed by atoms with van der Waals surface area (Å²) in [6.07, 6.45) is 0. The Kier molecular flexibility index (Phi) is 6.64. The Bertz CT molecular complexity index is 1260. The Morgan fingerprint density at radius 1 is 0.697 bits per heavy atom. The number of benzene rings is 3. The molecule has 8 heteroatoms. The maximum Gasteiger partial charge on any atom is 0.318 e. The highest BCUT2D eigenvalue weighted by molar-refractivity contribution is 5.96. The first-order valence-corrected chi connectivity index (χ1v) is 10.2. The van der Waals surface area contributed by atoms with Crippen molar-refractivity contribution in [3.05, 3.63) is 66.2 Å². The molecule has 8 nitrogen and oxygen atoms in total. The molecule has 0 fully saturated rings. The Labute approximate surface area is 192 Å². The molecule has 1 heterocycles. The van der Waals surface area contributed by atoms with Crippen molar-refractivity contribution in [3.8, 4) is 29.0 Å². The van der Waals surface area contributed by atoms with Gasteiger partial charge in [-0.2, -0.15) is 9.97 Å². The van der Waals surface area contributed by atoms with E-state index in [1.807, 2.05) is 60.7 Å². The third kappa shape index (κ3) is 4.69. The van der Waals surface area contributed by atoms with Crippen LogP contribution < -0.4 is 29.0 Å². The molecule has 1 N–H and O–H groups in total. The molecule has 0 radical (unpaired) electrons. The highest BCUT2D eigenvalue weighted by Crippen LogP contribution is 2.36. The fourth-order valence-electron chi connectivity index (χ4n) is 3.46. The van der Waals surface area contributed by atoms with Crippen LogP contribution in [0.2, 0.25) is 0 Å². The van der Waals surface area contributed by atoms with Gasteiger partial charge in [0.2, 0.25) is 0 Å². The first-order chi connectivity index (χ1) is 16.2. The van der Waals surface area contributed by atoms with E-state index in [0.29, 0.717) is 35.2 Å². The zero-order valence-electron chi connectivity index (χ0n) is 18.9. The van der Waals surface area contributed by atoms with Crippen molar-refractivity contribution in [3.63, 3.8) is 0 Å². The van der Waals surface area contributed by atoms with Crippen LogP contribution in [-0.2, 0) is 6.61 Å². The van der Waals surface area contributed by atoms with E-state index >= 15 is 0 Å². The van der Waals surface area contributed by atoms with Gasteiger partial charge < -0.3 is 29.0 Å². The number of nitrogens with one attached hydrogen (secondary N) is 1. The number of rotatable bonds is 9. The lowest BCUT2D eigenvalue weighted by molar-refractivity contribution is 0.278. The number of methoxy groups -OCH3 is 4. The van der Waals surface area contributed by atoms with Crippen LogP contribution >= 0.6 is 0 Å². The Morgan fingerprint density at radius 2 is 1.45 bits per heavy atom. The third-order valence-electron chi connectivity index (χ3n) is 5.07. The van der Waals surface area contributed by atoms with Crippen LogP contribution in [0.1, 0.15) is 5.56 Å². The van der Waals surface area contributed by atoms with E-state index in [4.69, 9.17) is 23.7 Å². The van der Waals surface area contributed by atoms with Gasteiger partial charge in [-0.15, -0.1) is 0 Å². The summed E-state index contributed by atoms with van der Waals surface area (Å²) in [6.45, 7) is 0.345. The summed E-state index contributed by atoms with van der Waals surface area (Å²) >= 11 is 0. The molecule has 0 aliphatic carbocycles. The lowest BCUT2D eigenvalue weighted by Crippen LogP contribution is -2.02. The van der Waals surface area contributed by atoms with Crippen LogP contribution in [0.4, 0.5) is 11.5 Å². The van der Waals surface area contributed by atoms with Crippen LogP contribution in [0.25, 0.3) is 10.9 Å². The summed E-state index contributed by atoms with van der Waals surface area (Å²) in [5, 5.41) is 4.07. The molecule has 0 amide bonds. The third-order valence-corrected chi connectivity index (χ3v) is 5.07. The second kappa shape index (κ2) is 9.95. The first kappa shape index (κ1) is 22.0. The fourth-order valence-corrected chi connectivity index (χ4v) is 3.46. The molecule has 33 heavy (non-hydrogen) atoms. The molecule has 4 aromatic rings. The van der Waals surface area contributed by atoms with Gasteiger partial charge in [-0.1, -0.05) is 24.3 Å². The highest BCUT2D eigenvalue weighted by Gasteiger charge is 2.15. The molecule has 0 saturated heterocycles. The topological polar surface area (TPSA) is 84.0 Å². The number of ether oxygens (including phenoxy) is 5. The number of nitrogens with zero attached hydrogens (tertiary/aromatic N) is 2. The number of fused-ring (bicyclic) bond motifs is 1. The summed E-state index contributed by atoms with van der Waals surface area (Å²) in [5.74, 6) is 3.16. The molecule has 0 aliphatic heterocycles. The number of anilines is 2. The Balaban J connectivity index is 1.63. The quantitative estimate of drug-likeness (QED) is 0.384. The SMILES string of the molecule is COc1nc(Nc2ccc(OCc3ccccc3OC)c(OC)c2)c2c(OC)cccc2n1. The zero-order valence-corrected chi connectivity index (χ0v) is 18.9. The van der Waals surface area contributed by atoms with Crippen LogP contribution in [0.5, 0.6) is 29.0 Å². The van der Waals surface area contributed by atoms with E-state index in [9.17, 15) is 0 Å². The number of hydrogen-bond acceptors (Lipinski definition) is 8. The van der Waals surface area contributed by atoms with E-state index in [2.05, 4.69) is 15.3 Å². The van der Waals surface area contributed by atoms with Crippen LogP contribution in [-0.4, -0.2) is 38.4 Å². The molecule has 0 saturated carbocycles. The van der Waals surface area contributed by atoms with E-state index in [1.54, 1.807) is 21.3 Å². The largest absolute Gasteiger partial charge is 0.496 e. The average Bonchev–Trinajstić information content (AvgIpc) is 2.87. The number of aromatic nitrogens is 2. The molecule has 0 spiro atoms. The second-order valence-electron chi connectivity index (χ2n) is 7.00. The molecular weight excluding hydrogens is 422 g/mol. The maximum absolute atomic E-state index is 6.01. The lowest BCUT2D eigenvalue weighted by Gasteiger charge is -2.16. The predicted octanol–water partition coefficient (Wildman–Crippen LogP) is 4.99. The Hall–Kier alpha value is -4.20. The van der Waals surface area contributed by atoms with Gasteiger partial charge in [0.15, 0.2) is 11.5 Å². The highest BCUT2D eigenvalue weighted by atomic mass is 16.5. The van der Waals surface area contributed by atoms with Gasteiger partial charge >= 0.3 is 6.01 Å². The maximum atomic E-state index is 6.01. The van der Waals surface area contributed by atoms with Gasteiger partial charge in [-0.05, 0) is 30.3 Å². The molecule has 4 rings (SSSR count). The summed E-state index contributed by atoms with van der Waals surface area (Å²) in [5.41, 5.74) is 2.40. The predicted molar refractivity (Wildman–Crippen MR) is 126 cm³/mol. The average molecular weight is 447 g/mol. The van der Waals surface area contributed by atoms with Gasteiger partial charge in [0, 0.05) is 17.3 Å². The second-order valence-corrected chi connectivity index (χ2v) is 7.00. The van der Waals surface area contributed by atoms with Crippen molar-refractivity contribution in [2.45, 2.75) is 6.61 Å². The van der Waals surface area contributed by atoms with Crippen molar-refractivity contribution in [2.24, 2.45) is 0 Å². The van der Waals surface area contributed by atoms with E-state index in [1.165, 1.54) is 7.11 Å². The number of hydrogen-bond donors (Lipinski definition) is 1. The van der Waals surface area contributed by atoms with Crippen LogP contribution in [0.3, 0.4) is 0 Å². The lowest BCUT2D eigenvalue weighted by atomic mass is 10.2. The molecular formula is C25H25N3O5. The summed E-state index contributed by atoms with van der Waals surface area (Å²) < 4.78 is 27.8. The molecule has 0 unspecified atom stereocenters. The first-order valence-electron chi connectivity index (χ1n) is 10.2. The van der Waals surface area contributed by atoms with Crippen molar-refractivity contribution in [1.82, 2.24) is 9.97 Å². The van der Waals surface area contributed by atoms with Crippen molar-refractivity contribution in [1.29, 1.82) is 0 Å². The van der Waals surface area contributed by atoms with Crippen molar-refractivity contribution < 1.29 is 23.7 Å². The van der Waals surface area contributed by atoms with Gasteiger partial charge in [0.1, 0.15) is 23.9 Å². The summed E-state index contributed by atoms with van der Waals surface area (Å²) in [4.78, 5) is 8.90.